The van der Waals surface area contributed by atoms with Gasteiger partial charge in [-0.05, 0) is 39.5 Å². The van der Waals surface area contributed by atoms with Gasteiger partial charge in [0.25, 0.3) is 0 Å². The summed E-state index contributed by atoms with van der Waals surface area (Å²) in [5, 5.41) is 8.72. The number of unbranched alkanes of at least 4 members (excludes halogenated alkanes) is 1. The molecule has 1 atom stereocenters. The van der Waals surface area contributed by atoms with Crippen LogP contribution >= 0.6 is 11.8 Å². The molecule has 0 aromatic heterocycles. The summed E-state index contributed by atoms with van der Waals surface area (Å²) in [7, 11) is -2.28. The summed E-state index contributed by atoms with van der Waals surface area (Å²) in [5.74, 6) is -3.15. The van der Waals surface area contributed by atoms with Gasteiger partial charge >= 0.3 is 5.97 Å². The number of hydrogen-bond acceptors (Lipinski definition) is 6. The first-order valence-electron chi connectivity index (χ1n) is 10.1. The summed E-state index contributed by atoms with van der Waals surface area (Å²) in [5.41, 5.74) is 0.200. The number of ether oxygens (including phenoxy) is 1. The van der Waals surface area contributed by atoms with Crippen LogP contribution in [0.1, 0.15) is 47.0 Å². The zero-order chi connectivity index (χ0) is 23.6. The maximum atomic E-state index is 13.5. The Morgan fingerprint density at radius 3 is 2.55 bits per heavy atom. The Balaban J connectivity index is 2.71. The van der Waals surface area contributed by atoms with Crippen LogP contribution in [0.25, 0.3) is 0 Å². The van der Waals surface area contributed by atoms with E-state index in [1.54, 1.807) is 19.4 Å². The number of carboxylic acid groups (broad SMARTS) is 1. The number of carbonyl (C=O) groups is 1. The summed E-state index contributed by atoms with van der Waals surface area (Å²) in [6.07, 6.45) is 4.86. The first-order valence-corrected chi connectivity index (χ1v) is 12.7. The van der Waals surface area contributed by atoms with E-state index in [0.717, 1.165) is 19.3 Å². The van der Waals surface area contributed by atoms with Gasteiger partial charge in [0.2, 0.25) is 15.9 Å². The molecule has 0 radical (unpaired) electrons. The molecule has 0 fully saturated rings. The van der Waals surface area contributed by atoms with Crippen molar-refractivity contribution in [2.75, 3.05) is 24.7 Å². The highest BCUT2D eigenvalue weighted by Crippen LogP contribution is 2.43. The normalized spacial score (nSPS) is 19.6. The molecule has 1 aromatic carbocycles. The lowest BCUT2D eigenvalue weighted by Gasteiger charge is -2.39. The smallest absolute Gasteiger partial charge is 0.368 e. The number of nitrogens with zero attached hydrogens (tertiary/aromatic N) is 2. The van der Waals surface area contributed by atoms with E-state index < -0.39 is 21.8 Å². The molecular formula is C21H31FN2O5S2. The Labute approximate surface area is 188 Å². The minimum Gasteiger partial charge on any atom is -0.476 e. The maximum Gasteiger partial charge on any atom is 0.368 e. The SMILES string of the molecule is CCCC[C@@H]1CN(C(C)(C)C)c2cc(SC)c(O/C=C(\F)C(=O)O)cc2S(=O)(=O)N1C. The summed E-state index contributed by atoms with van der Waals surface area (Å²) < 4.78 is 47.2. The van der Waals surface area contributed by atoms with E-state index in [0.29, 0.717) is 23.4 Å². The number of halogens is 1. The van der Waals surface area contributed by atoms with Gasteiger partial charge in [0, 0.05) is 31.2 Å². The van der Waals surface area contributed by atoms with Gasteiger partial charge in [-0.25, -0.2) is 13.2 Å². The van der Waals surface area contributed by atoms with Gasteiger partial charge in [0.1, 0.15) is 16.9 Å². The predicted molar refractivity (Wildman–Crippen MR) is 121 cm³/mol. The molecule has 174 valence electrons. The Kier molecular flexibility index (Phi) is 8.04. The molecule has 10 heteroatoms. The molecule has 0 amide bonds. The third-order valence-corrected chi connectivity index (χ3v) is 7.99. The van der Waals surface area contributed by atoms with Gasteiger partial charge < -0.3 is 14.7 Å². The van der Waals surface area contributed by atoms with E-state index in [9.17, 15) is 17.6 Å². The minimum atomic E-state index is -3.86. The van der Waals surface area contributed by atoms with Crippen molar-refractivity contribution < 1.29 is 27.4 Å². The van der Waals surface area contributed by atoms with Crippen LogP contribution in [0.4, 0.5) is 10.1 Å². The van der Waals surface area contributed by atoms with Gasteiger partial charge in [-0.3, -0.25) is 0 Å². The zero-order valence-corrected chi connectivity index (χ0v) is 20.4. The molecule has 0 bridgehead atoms. The van der Waals surface area contributed by atoms with Crippen molar-refractivity contribution in [3.05, 3.63) is 24.2 Å². The van der Waals surface area contributed by atoms with Crippen LogP contribution in [0.5, 0.6) is 5.75 Å². The summed E-state index contributed by atoms with van der Waals surface area (Å²) in [6.45, 7) is 8.69. The molecule has 0 unspecified atom stereocenters. The second-order valence-electron chi connectivity index (χ2n) is 8.46. The molecule has 1 aromatic rings. The lowest BCUT2D eigenvalue weighted by Crippen LogP contribution is -2.48. The highest BCUT2D eigenvalue weighted by molar-refractivity contribution is 7.98. The summed E-state index contributed by atoms with van der Waals surface area (Å²) >= 11 is 1.30. The van der Waals surface area contributed by atoms with Crippen molar-refractivity contribution in [3.63, 3.8) is 0 Å². The minimum absolute atomic E-state index is 0.0563. The van der Waals surface area contributed by atoms with Crippen LogP contribution in [0.2, 0.25) is 0 Å². The third-order valence-electron chi connectivity index (χ3n) is 5.29. The second kappa shape index (κ2) is 9.79. The number of aliphatic carboxylic acids is 1. The molecule has 2 rings (SSSR count). The first-order chi connectivity index (χ1) is 14.3. The number of fused-ring (bicyclic) bond motifs is 1. The Bertz CT molecular complexity index is 957. The van der Waals surface area contributed by atoms with Crippen LogP contribution in [0.3, 0.4) is 0 Å². The molecule has 1 heterocycles. The quantitative estimate of drug-likeness (QED) is 0.354. The fourth-order valence-electron chi connectivity index (χ4n) is 3.49. The zero-order valence-electron chi connectivity index (χ0n) is 18.8. The van der Waals surface area contributed by atoms with Crippen molar-refractivity contribution in [3.8, 4) is 5.75 Å². The van der Waals surface area contributed by atoms with Gasteiger partial charge in [-0.2, -0.15) is 8.70 Å². The second-order valence-corrected chi connectivity index (χ2v) is 11.3. The standard InChI is InChI=1S/C21H31FN2O5S2/c1-7-8-9-14-12-24(21(2,3)4)16-10-18(30-6)17(29-13-15(22)20(25)26)11-19(16)31(27,28)23(14)5/h10-11,13-14H,7-9,12H2,1-6H3,(H,25,26)/b15-13-/t14-/m1/s1. The van der Waals surface area contributed by atoms with Crippen LogP contribution in [0.15, 0.2) is 34.0 Å². The van der Waals surface area contributed by atoms with Gasteiger partial charge in [-0.1, -0.05) is 19.8 Å². The summed E-state index contributed by atoms with van der Waals surface area (Å²) in [6, 6.07) is 2.88. The van der Waals surface area contributed by atoms with Gasteiger partial charge in [-0.15, -0.1) is 11.8 Å². The van der Waals surface area contributed by atoms with E-state index in [2.05, 4.69) is 11.8 Å². The van der Waals surface area contributed by atoms with Crippen molar-refractivity contribution in [2.24, 2.45) is 0 Å². The molecule has 7 nitrogen and oxygen atoms in total. The molecule has 1 N–H and O–H groups in total. The van der Waals surface area contributed by atoms with Crippen LogP contribution in [-0.4, -0.2) is 55.2 Å². The number of hydrogen-bond donors (Lipinski definition) is 1. The Morgan fingerprint density at radius 1 is 1.39 bits per heavy atom. The molecule has 0 spiro atoms. The number of thioether (sulfide) groups is 1. The van der Waals surface area contributed by atoms with Crippen LogP contribution < -0.4 is 9.64 Å². The number of carboxylic acids is 1. The molecule has 1 aliphatic rings. The largest absolute Gasteiger partial charge is 0.476 e. The van der Waals surface area contributed by atoms with E-state index in [4.69, 9.17) is 9.84 Å². The highest BCUT2D eigenvalue weighted by atomic mass is 32.2. The number of sulfonamides is 1. The molecule has 0 saturated carbocycles. The maximum absolute atomic E-state index is 13.5. The van der Waals surface area contributed by atoms with Crippen LogP contribution in [0, 0.1) is 0 Å². The number of benzene rings is 1. The average molecular weight is 475 g/mol. The summed E-state index contributed by atoms with van der Waals surface area (Å²) in [4.78, 5) is 13.5. The van der Waals surface area contributed by atoms with E-state index in [-0.39, 0.29) is 22.2 Å². The topological polar surface area (TPSA) is 87.1 Å². The number of anilines is 1. The van der Waals surface area contributed by atoms with E-state index in [1.807, 2.05) is 20.8 Å². The average Bonchev–Trinajstić information content (AvgIpc) is 2.77. The number of rotatable bonds is 7. The molecule has 0 aliphatic carbocycles. The Morgan fingerprint density at radius 2 is 2.03 bits per heavy atom. The van der Waals surface area contributed by atoms with Crippen molar-refractivity contribution in [2.45, 2.75) is 68.3 Å². The molecule has 0 saturated heterocycles. The van der Waals surface area contributed by atoms with Gasteiger partial charge in [0.05, 0.1) is 10.6 Å². The monoisotopic (exact) mass is 474 g/mol. The lowest BCUT2D eigenvalue weighted by atomic mass is 10.0. The first kappa shape index (κ1) is 25.5. The van der Waals surface area contributed by atoms with E-state index >= 15 is 0 Å². The molecule has 1 aliphatic heterocycles. The van der Waals surface area contributed by atoms with Crippen molar-refractivity contribution in [1.29, 1.82) is 0 Å². The fraction of sp³-hybridized carbons (Fsp3) is 0.571. The van der Waals surface area contributed by atoms with Crippen LogP contribution in [-0.2, 0) is 14.8 Å². The van der Waals surface area contributed by atoms with Crippen molar-refractivity contribution >= 4 is 33.4 Å². The predicted octanol–water partition coefficient (Wildman–Crippen LogP) is 4.48. The molecule has 31 heavy (non-hydrogen) atoms. The van der Waals surface area contributed by atoms with Crippen molar-refractivity contribution in [1.82, 2.24) is 4.31 Å². The highest BCUT2D eigenvalue weighted by Gasteiger charge is 2.40. The van der Waals surface area contributed by atoms with Gasteiger partial charge in [0.15, 0.2) is 0 Å². The fourth-order valence-corrected chi connectivity index (χ4v) is 5.59. The lowest BCUT2D eigenvalue weighted by molar-refractivity contribution is -0.134. The third kappa shape index (κ3) is 5.53. The Hall–Kier alpha value is -1.78. The van der Waals surface area contributed by atoms with E-state index in [1.165, 1.54) is 22.1 Å². The number of likely N-dealkylation sites (N-methyl/N-ethyl adjacent to an activating group) is 1. The molecular weight excluding hydrogens is 443 g/mol.